The highest BCUT2D eigenvalue weighted by atomic mass is 16.6. The number of nitrogens with zero attached hydrogens (tertiary/aromatic N) is 2. The number of benzene rings is 1. The summed E-state index contributed by atoms with van der Waals surface area (Å²) < 4.78 is 0. The van der Waals surface area contributed by atoms with E-state index in [1.165, 1.54) is 12.1 Å². The molecule has 0 aliphatic heterocycles. The van der Waals surface area contributed by atoms with Crippen LogP contribution in [-0.4, -0.2) is 10.9 Å². The number of carboxylic acids is 1. The third-order valence-electron chi connectivity index (χ3n) is 1.75. The van der Waals surface area contributed by atoms with Crippen molar-refractivity contribution < 1.29 is 14.8 Å². The molecule has 0 aliphatic carbocycles. The van der Waals surface area contributed by atoms with Crippen molar-refractivity contribution in [3.05, 3.63) is 39.4 Å². The van der Waals surface area contributed by atoms with Gasteiger partial charge in [0.15, 0.2) is 0 Å². The average Bonchev–Trinajstić information content (AvgIpc) is 2.17. The van der Waals surface area contributed by atoms with E-state index in [0.29, 0.717) is 0 Å². The molecule has 0 saturated heterocycles. The van der Waals surface area contributed by atoms with Gasteiger partial charge < -0.3 is 9.90 Å². The molecule has 0 N–H and O–H groups in total. The Morgan fingerprint density at radius 3 is 2.67 bits per heavy atom. The minimum absolute atomic E-state index is 0.0269. The van der Waals surface area contributed by atoms with Gasteiger partial charge in [0.25, 0.3) is 5.69 Å². The van der Waals surface area contributed by atoms with Crippen LogP contribution in [0.3, 0.4) is 0 Å². The lowest BCUT2D eigenvalue weighted by atomic mass is 10.1. The Labute approximate surface area is 84.5 Å². The van der Waals surface area contributed by atoms with E-state index in [0.717, 1.165) is 6.07 Å². The Kier molecular flexibility index (Phi) is 2.98. The molecule has 0 amide bonds. The quantitative estimate of drug-likeness (QED) is 0.499. The van der Waals surface area contributed by atoms with E-state index in [1.54, 1.807) is 6.07 Å². The zero-order chi connectivity index (χ0) is 11.4. The smallest absolute Gasteiger partial charge is 0.274 e. The molecule has 0 heterocycles. The number of carbonyl (C=O) groups is 1. The molecule has 15 heavy (non-hydrogen) atoms. The predicted octanol–water partition coefficient (Wildman–Crippen LogP) is -0.241. The first-order valence-corrected chi connectivity index (χ1v) is 3.92. The van der Waals surface area contributed by atoms with Gasteiger partial charge in [-0.2, -0.15) is 5.26 Å². The fourth-order valence-electron chi connectivity index (χ4n) is 1.11. The number of nitro benzene ring substituents is 1. The maximum Gasteiger partial charge on any atom is 0.274 e. The van der Waals surface area contributed by atoms with Crippen LogP contribution in [0, 0.1) is 21.4 Å². The van der Waals surface area contributed by atoms with Gasteiger partial charge in [-0.1, -0.05) is 6.07 Å². The molecule has 6 nitrogen and oxygen atoms in total. The molecule has 0 unspecified atom stereocenters. The lowest BCUT2D eigenvalue weighted by Crippen LogP contribution is -2.24. The molecule has 0 atom stereocenters. The van der Waals surface area contributed by atoms with E-state index in [4.69, 9.17) is 5.26 Å². The van der Waals surface area contributed by atoms with Crippen molar-refractivity contribution in [1.29, 1.82) is 5.26 Å². The normalized spacial score (nSPS) is 9.27. The molecule has 1 aromatic rings. The Hall–Kier alpha value is -2.42. The fraction of sp³-hybridized carbons (Fsp3) is 0.111. The second-order valence-electron chi connectivity index (χ2n) is 2.76. The third kappa shape index (κ3) is 2.51. The minimum Gasteiger partial charge on any atom is -0.550 e. The predicted molar refractivity (Wildman–Crippen MR) is 46.5 cm³/mol. The average molecular weight is 205 g/mol. The van der Waals surface area contributed by atoms with Gasteiger partial charge in [-0.05, 0) is 6.07 Å². The van der Waals surface area contributed by atoms with E-state index in [-0.39, 0.29) is 16.8 Å². The highest BCUT2D eigenvalue weighted by molar-refractivity contribution is 5.70. The van der Waals surface area contributed by atoms with Crippen LogP contribution in [0.15, 0.2) is 18.2 Å². The van der Waals surface area contributed by atoms with E-state index in [1.807, 2.05) is 0 Å². The summed E-state index contributed by atoms with van der Waals surface area (Å²) in [5, 5.41) is 29.4. The maximum atomic E-state index is 10.6. The summed E-state index contributed by atoms with van der Waals surface area (Å²) in [5.41, 5.74) is -0.235. The van der Waals surface area contributed by atoms with Crippen LogP contribution < -0.4 is 5.11 Å². The first kappa shape index (κ1) is 10.7. The molecule has 0 spiro atoms. The van der Waals surface area contributed by atoms with E-state index >= 15 is 0 Å². The molecule has 0 saturated carbocycles. The number of nitriles is 1. The monoisotopic (exact) mass is 205 g/mol. The van der Waals surface area contributed by atoms with Crippen LogP contribution in [-0.2, 0) is 11.2 Å². The number of carboxylic acid groups (broad SMARTS) is 1. The molecule has 76 valence electrons. The van der Waals surface area contributed by atoms with Crippen LogP contribution >= 0.6 is 0 Å². The molecule has 0 aliphatic rings. The van der Waals surface area contributed by atoms with E-state index in [2.05, 4.69) is 0 Å². The van der Waals surface area contributed by atoms with Gasteiger partial charge in [-0.15, -0.1) is 0 Å². The standard InChI is InChI=1S/C9H6N2O4/c10-5-6-1-2-7(4-9(12)13)8(3-6)11(14)15/h1-3H,4H2,(H,12,13)/p-1. The second kappa shape index (κ2) is 4.19. The van der Waals surface area contributed by atoms with Crippen molar-refractivity contribution in [1.82, 2.24) is 0 Å². The van der Waals surface area contributed by atoms with Crippen molar-refractivity contribution in [2.45, 2.75) is 6.42 Å². The van der Waals surface area contributed by atoms with Crippen molar-refractivity contribution in [2.75, 3.05) is 0 Å². The van der Waals surface area contributed by atoms with Gasteiger partial charge >= 0.3 is 0 Å². The first-order valence-electron chi connectivity index (χ1n) is 3.92. The summed E-state index contributed by atoms with van der Waals surface area (Å²) in [4.78, 5) is 20.1. The van der Waals surface area contributed by atoms with Gasteiger partial charge in [0.2, 0.25) is 0 Å². The molecule has 6 heteroatoms. The Morgan fingerprint density at radius 2 is 2.20 bits per heavy atom. The van der Waals surface area contributed by atoms with Gasteiger partial charge in [0.1, 0.15) is 0 Å². The minimum atomic E-state index is -1.40. The maximum absolute atomic E-state index is 10.6. The Morgan fingerprint density at radius 1 is 1.53 bits per heavy atom. The van der Waals surface area contributed by atoms with Gasteiger partial charge in [0, 0.05) is 24.0 Å². The molecular formula is C9H5N2O4-. The zero-order valence-corrected chi connectivity index (χ0v) is 7.47. The molecule has 0 aromatic heterocycles. The molecule has 1 rings (SSSR count). The lowest BCUT2D eigenvalue weighted by molar-refractivity contribution is -0.385. The highest BCUT2D eigenvalue weighted by Crippen LogP contribution is 2.20. The first-order chi connectivity index (χ1) is 7.04. The van der Waals surface area contributed by atoms with Crippen LogP contribution in [0.25, 0.3) is 0 Å². The largest absolute Gasteiger partial charge is 0.550 e. The summed E-state index contributed by atoms with van der Waals surface area (Å²) in [6.45, 7) is 0. The van der Waals surface area contributed by atoms with Crippen molar-refractivity contribution >= 4 is 11.7 Å². The summed E-state index contributed by atoms with van der Waals surface area (Å²) in [7, 11) is 0. The lowest BCUT2D eigenvalue weighted by Gasteiger charge is -2.03. The number of aliphatic carboxylic acids is 1. The third-order valence-corrected chi connectivity index (χ3v) is 1.75. The highest BCUT2D eigenvalue weighted by Gasteiger charge is 2.14. The Bertz CT molecular complexity index is 462. The number of rotatable bonds is 3. The summed E-state index contributed by atoms with van der Waals surface area (Å²) in [6, 6.07) is 5.34. The number of nitro groups is 1. The number of hydrogen-bond acceptors (Lipinski definition) is 5. The molecule has 1 aromatic carbocycles. The molecular weight excluding hydrogens is 200 g/mol. The van der Waals surface area contributed by atoms with Gasteiger partial charge in [0.05, 0.1) is 16.6 Å². The van der Waals surface area contributed by atoms with E-state index in [9.17, 15) is 20.0 Å². The van der Waals surface area contributed by atoms with Crippen molar-refractivity contribution in [2.24, 2.45) is 0 Å². The molecule has 0 fully saturated rings. The van der Waals surface area contributed by atoms with Crippen molar-refractivity contribution in [3.63, 3.8) is 0 Å². The summed E-state index contributed by atoms with van der Waals surface area (Å²) in [5.74, 6) is -1.40. The van der Waals surface area contributed by atoms with Crippen LogP contribution in [0.5, 0.6) is 0 Å². The zero-order valence-electron chi connectivity index (χ0n) is 7.47. The molecule has 0 radical (unpaired) electrons. The number of carbonyl (C=O) groups excluding carboxylic acids is 1. The fourth-order valence-corrected chi connectivity index (χ4v) is 1.11. The second-order valence-corrected chi connectivity index (χ2v) is 2.76. The van der Waals surface area contributed by atoms with Crippen LogP contribution in [0.2, 0.25) is 0 Å². The number of hydrogen-bond donors (Lipinski definition) is 0. The summed E-state index contributed by atoms with van der Waals surface area (Å²) >= 11 is 0. The van der Waals surface area contributed by atoms with Gasteiger partial charge in [-0.25, -0.2) is 0 Å². The van der Waals surface area contributed by atoms with Crippen LogP contribution in [0.4, 0.5) is 5.69 Å². The molecule has 0 bridgehead atoms. The summed E-state index contributed by atoms with van der Waals surface area (Å²) in [6.07, 6.45) is -0.540. The topological polar surface area (TPSA) is 107 Å². The van der Waals surface area contributed by atoms with Crippen LogP contribution in [0.1, 0.15) is 11.1 Å². The Balaban J connectivity index is 3.22. The van der Waals surface area contributed by atoms with Crippen molar-refractivity contribution in [3.8, 4) is 6.07 Å². The van der Waals surface area contributed by atoms with E-state index < -0.39 is 17.3 Å². The SMILES string of the molecule is N#Cc1ccc(CC(=O)[O-])c([N+](=O)[O-])c1. The van der Waals surface area contributed by atoms with Gasteiger partial charge in [-0.3, -0.25) is 10.1 Å².